The van der Waals surface area contributed by atoms with Crippen molar-refractivity contribution in [2.24, 2.45) is 0 Å². The Balaban J connectivity index is 2.11. The van der Waals surface area contributed by atoms with Crippen LogP contribution in [-0.4, -0.2) is 25.3 Å². The number of rotatable bonds is 5. The molecule has 0 saturated carbocycles. The molecular weight excluding hydrogens is 162 g/mol. The molecule has 13 heavy (non-hydrogen) atoms. The molecule has 2 nitrogen and oxygen atoms in total. The largest absolute Gasteiger partial charge is 0.375 e. The first kappa shape index (κ1) is 11.0. The lowest BCUT2D eigenvalue weighted by molar-refractivity contribution is 0.0482. The first-order chi connectivity index (χ1) is 6.26. The van der Waals surface area contributed by atoms with Crippen molar-refractivity contribution in [3.05, 3.63) is 0 Å². The maximum atomic E-state index is 5.77. The molecule has 0 amide bonds. The van der Waals surface area contributed by atoms with Crippen LogP contribution in [0.25, 0.3) is 0 Å². The van der Waals surface area contributed by atoms with Crippen LogP contribution in [0.1, 0.15) is 46.0 Å². The normalized spacial score (nSPS) is 30.7. The van der Waals surface area contributed by atoms with E-state index in [1.807, 2.05) is 7.05 Å². The second-order valence-electron chi connectivity index (χ2n) is 4.12. The molecule has 0 spiro atoms. The van der Waals surface area contributed by atoms with Crippen LogP contribution in [0.15, 0.2) is 0 Å². The van der Waals surface area contributed by atoms with E-state index in [1.165, 1.54) is 32.1 Å². The van der Waals surface area contributed by atoms with E-state index >= 15 is 0 Å². The third kappa shape index (κ3) is 3.65. The summed E-state index contributed by atoms with van der Waals surface area (Å²) < 4.78 is 5.77. The Kier molecular flexibility index (Phi) is 4.74. The second-order valence-corrected chi connectivity index (χ2v) is 4.12. The standard InChI is InChI=1S/C11H23NO/c1-4-10(12-3)6-8-11-7-5-9(2)13-11/h9-12H,4-8H2,1-3H3. The quantitative estimate of drug-likeness (QED) is 0.710. The van der Waals surface area contributed by atoms with E-state index in [0.717, 1.165) is 0 Å². The Labute approximate surface area is 82.0 Å². The Bertz CT molecular complexity index is 134. The van der Waals surface area contributed by atoms with Gasteiger partial charge in [-0.25, -0.2) is 0 Å². The maximum absolute atomic E-state index is 5.77. The summed E-state index contributed by atoms with van der Waals surface area (Å²) in [4.78, 5) is 0. The van der Waals surface area contributed by atoms with Gasteiger partial charge in [0.2, 0.25) is 0 Å². The molecule has 0 radical (unpaired) electrons. The Morgan fingerprint density at radius 3 is 2.69 bits per heavy atom. The fourth-order valence-corrected chi connectivity index (χ4v) is 2.04. The predicted octanol–water partition coefficient (Wildman–Crippen LogP) is 2.33. The van der Waals surface area contributed by atoms with Gasteiger partial charge in [0, 0.05) is 6.04 Å². The lowest BCUT2D eigenvalue weighted by Gasteiger charge is -2.16. The van der Waals surface area contributed by atoms with E-state index < -0.39 is 0 Å². The van der Waals surface area contributed by atoms with Crippen molar-refractivity contribution in [1.29, 1.82) is 0 Å². The first-order valence-electron chi connectivity index (χ1n) is 5.59. The van der Waals surface area contributed by atoms with Gasteiger partial charge in [-0.2, -0.15) is 0 Å². The molecule has 1 aliphatic heterocycles. The third-order valence-electron chi connectivity index (χ3n) is 3.06. The van der Waals surface area contributed by atoms with Gasteiger partial charge in [-0.1, -0.05) is 6.92 Å². The van der Waals surface area contributed by atoms with Crippen molar-refractivity contribution in [1.82, 2.24) is 5.32 Å². The summed E-state index contributed by atoms with van der Waals surface area (Å²) in [6.07, 6.45) is 7.26. The SMILES string of the molecule is CCC(CCC1CCC(C)O1)NC. The van der Waals surface area contributed by atoms with E-state index in [4.69, 9.17) is 4.74 Å². The molecule has 78 valence electrons. The lowest BCUT2D eigenvalue weighted by atomic mass is 10.0. The highest BCUT2D eigenvalue weighted by atomic mass is 16.5. The van der Waals surface area contributed by atoms with Gasteiger partial charge in [-0.15, -0.1) is 0 Å². The minimum Gasteiger partial charge on any atom is -0.375 e. The van der Waals surface area contributed by atoms with E-state index in [1.54, 1.807) is 0 Å². The van der Waals surface area contributed by atoms with Crippen LogP contribution in [0.5, 0.6) is 0 Å². The molecule has 1 aliphatic rings. The molecule has 1 N–H and O–H groups in total. The Morgan fingerprint density at radius 2 is 2.23 bits per heavy atom. The zero-order valence-electron chi connectivity index (χ0n) is 9.18. The van der Waals surface area contributed by atoms with Gasteiger partial charge in [0.05, 0.1) is 12.2 Å². The molecule has 0 bridgehead atoms. The van der Waals surface area contributed by atoms with Crippen molar-refractivity contribution < 1.29 is 4.74 Å². The number of nitrogens with one attached hydrogen (secondary N) is 1. The molecule has 1 rings (SSSR count). The van der Waals surface area contributed by atoms with Gasteiger partial charge in [-0.05, 0) is 46.1 Å². The van der Waals surface area contributed by atoms with E-state index in [2.05, 4.69) is 19.2 Å². The van der Waals surface area contributed by atoms with E-state index in [-0.39, 0.29) is 0 Å². The summed E-state index contributed by atoms with van der Waals surface area (Å²) in [5.74, 6) is 0. The number of hydrogen-bond acceptors (Lipinski definition) is 2. The molecule has 0 aliphatic carbocycles. The van der Waals surface area contributed by atoms with Gasteiger partial charge in [0.15, 0.2) is 0 Å². The fraction of sp³-hybridized carbons (Fsp3) is 1.00. The summed E-state index contributed by atoms with van der Waals surface area (Å²) in [5.41, 5.74) is 0. The highest BCUT2D eigenvalue weighted by molar-refractivity contribution is 4.73. The average Bonchev–Trinajstić information content (AvgIpc) is 2.53. The van der Waals surface area contributed by atoms with Crippen LogP contribution < -0.4 is 5.32 Å². The lowest BCUT2D eigenvalue weighted by Crippen LogP contribution is -2.25. The predicted molar refractivity (Wildman–Crippen MR) is 55.9 cm³/mol. The molecular formula is C11H23NO. The Hall–Kier alpha value is -0.0800. The van der Waals surface area contributed by atoms with Gasteiger partial charge in [-0.3, -0.25) is 0 Å². The van der Waals surface area contributed by atoms with Gasteiger partial charge in [0.25, 0.3) is 0 Å². The molecule has 0 aromatic carbocycles. The minimum absolute atomic E-state index is 0.500. The summed E-state index contributed by atoms with van der Waals surface area (Å²) in [6.45, 7) is 4.41. The summed E-state index contributed by atoms with van der Waals surface area (Å²) in [5, 5.41) is 3.33. The Morgan fingerprint density at radius 1 is 1.46 bits per heavy atom. The van der Waals surface area contributed by atoms with Crippen molar-refractivity contribution in [3.63, 3.8) is 0 Å². The molecule has 0 aromatic heterocycles. The second kappa shape index (κ2) is 5.61. The van der Waals surface area contributed by atoms with Crippen LogP contribution in [0.2, 0.25) is 0 Å². The van der Waals surface area contributed by atoms with Crippen LogP contribution in [0.3, 0.4) is 0 Å². The van der Waals surface area contributed by atoms with Gasteiger partial charge in [0.1, 0.15) is 0 Å². The highest BCUT2D eigenvalue weighted by Crippen LogP contribution is 2.23. The molecule has 1 heterocycles. The fourth-order valence-electron chi connectivity index (χ4n) is 2.04. The van der Waals surface area contributed by atoms with Crippen LogP contribution in [0.4, 0.5) is 0 Å². The molecule has 0 aromatic rings. The molecule has 3 unspecified atom stereocenters. The zero-order chi connectivity index (χ0) is 9.68. The molecule has 3 atom stereocenters. The highest BCUT2D eigenvalue weighted by Gasteiger charge is 2.21. The van der Waals surface area contributed by atoms with Crippen LogP contribution in [-0.2, 0) is 4.74 Å². The van der Waals surface area contributed by atoms with E-state index in [0.29, 0.717) is 18.2 Å². The van der Waals surface area contributed by atoms with Crippen molar-refractivity contribution in [2.45, 2.75) is 64.2 Å². The van der Waals surface area contributed by atoms with Gasteiger partial charge >= 0.3 is 0 Å². The third-order valence-corrected chi connectivity index (χ3v) is 3.06. The monoisotopic (exact) mass is 185 g/mol. The summed E-state index contributed by atoms with van der Waals surface area (Å²) in [7, 11) is 2.05. The maximum Gasteiger partial charge on any atom is 0.0580 e. The van der Waals surface area contributed by atoms with E-state index in [9.17, 15) is 0 Å². The molecule has 1 fully saturated rings. The zero-order valence-corrected chi connectivity index (χ0v) is 9.18. The van der Waals surface area contributed by atoms with Crippen molar-refractivity contribution >= 4 is 0 Å². The topological polar surface area (TPSA) is 21.3 Å². The number of hydrogen-bond donors (Lipinski definition) is 1. The molecule has 1 saturated heterocycles. The van der Waals surface area contributed by atoms with Crippen molar-refractivity contribution in [2.75, 3.05) is 7.05 Å². The van der Waals surface area contributed by atoms with Crippen molar-refractivity contribution in [3.8, 4) is 0 Å². The summed E-state index contributed by atoms with van der Waals surface area (Å²) >= 11 is 0. The molecule has 2 heteroatoms. The average molecular weight is 185 g/mol. The smallest absolute Gasteiger partial charge is 0.0580 e. The van der Waals surface area contributed by atoms with Crippen LogP contribution in [0, 0.1) is 0 Å². The summed E-state index contributed by atoms with van der Waals surface area (Å²) in [6, 6.07) is 0.680. The number of ether oxygens (including phenoxy) is 1. The van der Waals surface area contributed by atoms with Crippen LogP contribution >= 0.6 is 0 Å². The van der Waals surface area contributed by atoms with Gasteiger partial charge < -0.3 is 10.1 Å². The first-order valence-corrected chi connectivity index (χ1v) is 5.59. The minimum atomic E-state index is 0.500.